The molecular formula is C17H27ClN2. The predicted octanol–water partition coefficient (Wildman–Crippen LogP) is 4.46. The predicted molar refractivity (Wildman–Crippen MR) is 88.7 cm³/mol. The van der Waals surface area contributed by atoms with E-state index in [1.807, 2.05) is 6.07 Å². The van der Waals surface area contributed by atoms with Gasteiger partial charge in [0.05, 0.1) is 10.7 Å². The molecule has 0 aliphatic carbocycles. The van der Waals surface area contributed by atoms with Crippen LogP contribution in [0.1, 0.15) is 45.6 Å². The molecule has 0 radical (unpaired) electrons. The zero-order valence-corrected chi connectivity index (χ0v) is 13.7. The number of nitrogens with zero attached hydrogens (tertiary/aromatic N) is 1. The van der Waals surface area contributed by atoms with Crippen LogP contribution in [-0.2, 0) is 6.54 Å². The van der Waals surface area contributed by atoms with Crippen LogP contribution < -0.4 is 10.2 Å². The Morgan fingerprint density at radius 2 is 2.15 bits per heavy atom. The molecule has 2 nitrogen and oxygen atoms in total. The van der Waals surface area contributed by atoms with Crippen molar-refractivity contribution in [3.05, 3.63) is 28.8 Å². The normalized spacial score (nSPS) is 23.1. The molecule has 3 heteroatoms. The fourth-order valence-corrected chi connectivity index (χ4v) is 3.47. The van der Waals surface area contributed by atoms with Gasteiger partial charge < -0.3 is 10.2 Å². The fourth-order valence-electron chi connectivity index (χ4n) is 3.16. The molecule has 1 aromatic carbocycles. The first-order chi connectivity index (χ1) is 9.63. The van der Waals surface area contributed by atoms with Crippen molar-refractivity contribution < 1.29 is 0 Å². The summed E-state index contributed by atoms with van der Waals surface area (Å²) in [5.41, 5.74) is 2.57. The molecule has 0 bridgehead atoms. The van der Waals surface area contributed by atoms with E-state index in [0.29, 0.717) is 6.04 Å². The summed E-state index contributed by atoms with van der Waals surface area (Å²) in [7, 11) is 0. The molecule has 20 heavy (non-hydrogen) atoms. The van der Waals surface area contributed by atoms with Gasteiger partial charge in [0.15, 0.2) is 0 Å². The molecule has 1 aliphatic rings. The molecule has 1 N–H and O–H groups in total. The van der Waals surface area contributed by atoms with Crippen LogP contribution in [0.15, 0.2) is 18.2 Å². The number of para-hydroxylation sites is 1. The standard InChI is InChI=1S/C17H27ClN2/c1-4-9-19-12-15-6-5-7-16(18)17(15)20-10-8-13(2)11-14(20)3/h5-7,13-14,19H,4,8-12H2,1-3H3. The van der Waals surface area contributed by atoms with Crippen LogP contribution in [0.2, 0.25) is 5.02 Å². The molecule has 0 aromatic heterocycles. The average Bonchev–Trinajstić information content (AvgIpc) is 2.41. The van der Waals surface area contributed by atoms with Gasteiger partial charge in [0, 0.05) is 19.1 Å². The summed E-state index contributed by atoms with van der Waals surface area (Å²) in [5, 5.41) is 4.39. The number of hydrogen-bond donors (Lipinski definition) is 1. The van der Waals surface area contributed by atoms with Crippen LogP contribution in [0.3, 0.4) is 0 Å². The topological polar surface area (TPSA) is 15.3 Å². The zero-order valence-electron chi connectivity index (χ0n) is 13.0. The van der Waals surface area contributed by atoms with Crippen LogP contribution >= 0.6 is 11.6 Å². The lowest BCUT2D eigenvalue weighted by molar-refractivity contribution is 0.377. The lowest BCUT2D eigenvalue weighted by Gasteiger charge is -2.39. The van der Waals surface area contributed by atoms with Gasteiger partial charge in [0.2, 0.25) is 0 Å². The first kappa shape index (κ1) is 15.7. The molecular weight excluding hydrogens is 268 g/mol. The van der Waals surface area contributed by atoms with Crippen LogP contribution in [0, 0.1) is 5.92 Å². The summed E-state index contributed by atoms with van der Waals surface area (Å²) in [5.74, 6) is 0.824. The maximum atomic E-state index is 6.51. The molecule has 1 heterocycles. The number of nitrogens with one attached hydrogen (secondary N) is 1. The number of anilines is 1. The van der Waals surface area contributed by atoms with Gasteiger partial charge in [-0.1, -0.05) is 37.6 Å². The van der Waals surface area contributed by atoms with Crippen molar-refractivity contribution in [2.45, 2.75) is 52.6 Å². The zero-order chi connectivity index (χ0) is 14.5. The molecule has 2 rings (SSSR count). The molecule has 2 atom stereocenters. The van der Waals surface area contributed by atoms with E-state index in [1.165, 1.54) is 24.1 Å². The second kappa shape index (κ2) is 7.33. The van der Waals surface area contributed by atoms with Gasteiger partial charge in [-0.05, 0) is 50.3 Å². The Kier molecular flexibility index (Phi) is 5.74. The summed E-state index contributed by atoms with van der Waals surface area (Å²) in [6.45, 7) is 9.94. The highest BCUT2D eigenvalue weighted by molar-refractivity contribution is 6.33. The number of hydrogen-bond acceptors (Lipinski definition) is 2. The summed E-state index contributed by atoms with van der Waals surface area (Å²) in [6.07, 6.45) is 3.68. The van der Waals surface area contributed by atoms with Crippen molar-refractivity contribution in [2.75, 3.05) is 18.0 Å². The quantitative estimate of drug-likeness (QED) is 0.806. The summed E-state index contributed by atoms with van der Waals surface area (Å²) in [4.78, 5) is 2.51. The van der Waals surface area contributed by atoms with Gasteiger partial charge in [-0.3, -0.25) is 0 Å². The Morgan fingerprint density at radius 1 is 1.35 bits per heavy atom. The molecule has 1 aliphatic heterocycles. The van der Waals surface area contributed by atoms with Crippen molar-refractivity contribution in [1.29, 1.82) is 0 Å². The van der Waals surface area contributed by atoms with Gasteiger partial charge in [-0.2, -0.15) is 0 Å². The van der Waals surface area contributed by atoms with Crippen molar-refractivity contribution in [1.82, 2.24) is 5.32 Å². The minimum absolute atomic E-state index is 0.573. The van der Waals surface area contributed by atoms with Crippen LogP contribution in [0.25, 0.3) is 0 Å². The van der Waals surface area contributed by atoms with E-state index in [-0.39, 0.29) is 0 Å². The van der Waals surface area contributed by atoms with Gasteiger partial charge in [0.25, 0.3) is 0 Å². The third kappa shape index (κ3) is 3.67. The SMILES string of the molecule is CCCNCc1cccc(Cl)c1N1CCC(C)CC1C. The molecule has 1 fully saturated rings. The minimum Gasteiger partial charge on any atom is -0.367 e. The number of piperidine rings is 1. The maximum absolute atomic E-state index is 6.51. The van der Waals surface area contributed by atoms with E-state index in [2.05, 4.69) is 43.1 Å². The van der Waals surface area contributed by atoms with E-state index in [4.69, 9.17) is 11.6 Å². The van der Waals surface area contributed by atoms with E-state index in [1.54, 1.807) is 0 Å². The Labute approximate surface area is 128 Å². The number of benzene rings is 1. The van der Waals surface area contributed by atoms with Gasteiger partial charge >= 0.3 is 0 Å². The lowest BCUT2D eigenvalue weighted by atomic mass is 9.92. The molecule has 112 valence electrons. The third-order valence-electron chi connectivity index (χ3n) is 4.24. The first-order valence-electron chi connectivity index (χ1n) is 7.88. The molecule has 1 saturated heterocycles. The largest absolute Gasteiger partial charge is 0.367 e. The smallest absolute Gasteiger partial charge is 0.0643 e. The number of rotatable bonds is 5. The van der Waals surface area contributed by atoms with Crippen molar-refractivity contribution >= 4 is 17.3 Å². The van der Waals surface area contributed by atoms with Gasteiger partial charge in [0.1, 0.15) is 0 Å². The van der Waals surface area contributed by atoms with E-state index >= 15 is 0 Å². The number of halogens is 1. The Hall–Kier alpha value is -0.730. The van der Waals surface area contributed by atoms with Crippen LogP contribution in [-0.4, -0.2) is 19.1 Å². The van der Waals surface area contributed by atoms with Crippen molar-refractivity contribution in [3.63, 3.8) is 0 Å². The highest BCUT2D eigenvalue weighted by Gasteiger charge is 2.26. The molecule has 2 unspecified atom stereocenters. The van der Waals surface area contributed by atoms with E-state index in [0.717, 1.165) is 37.0 Å². The second-order valence-corrected chi connectivity index (χ2v) is 6.50. The highest BCUT2D eigenvalue weighted by atomic mass is 35.5. The Morgan fingerprint density at radius 3 is 2.85 bits per heavy atom. The third-order valence-corrected chi connectivity index (χ3v) is 4.54. The fraction of sp³-hybridized carbons (Fsp3) is 0.647. The monoisotopic (exact) mass is 294 g/mol. The van der Waals surface area contributed by atoms with Crippen LogP contribution in [0.4, 0.5) is 5.69 Å². The van der Waals surface area contributed by atoms with Crippen LogP contribution in [0.5, 0.6) is 0 Å². The van der Waals surface area contributed by atoms with E-state index < -0.39 is 0 Å². The van der Waals surface area contributed by atoms with Crippen molar-refractivity contribution in [2.24, 2.45) is 5.92 Å². The highest BCUT2D eigenvalue weighted by Crippen LogP contribution is 2.35. The second-order valence-electron chi connectivity index (χ2n) is 6.10. The summed E-state index contributed by atoms with van der Waals surface area (Å²) >= 11 is 6.51. The van der Waals surface area contributed by atoms with Crippen molar-refractivity contribution in [3.8, 4) is 0 Å². The molecule has 0 saturated carbocycles. The average molecular weight is 295 g/mol. The maximum Gasteiger partial charge on any atom is 0.0643 e. The van der Waals surface area contributed by atoms with Gasteiger partial charge in [-0.15, -0.1) is 0 Å². The molecule has 0 spiro atoms. The lowest BCUT2D eigenvalue weighted by Crippen LogP contribution is -2.41. The van der Waals surface area contributed by atoms with E-state index in [9.17, 15) is 0 Å². The Balaban J connectivity index is 2.20. The van der Waals surface area contributed by atoms with Gasteiger partial charge in [-0.25, -0.2) is 0 Å². The first-order valence-corrected chi connectivity index (χ1v) is 8.26. The summed E-state index contributed by atoms with van der Waals surface area (Å²) < 4.78 is 0. The molecule has 1 aromatic rings. The summed E-state index contributed by atoms with van der Waals surface area (Å²) in [6, 6.07) is 6.86. The minimum atomic E-state index is 0.573. The Bertz CT molecular complexity index is 433. The molecule has 0 amide bonds.